The van der Waals surface area contributed by atoms with Crippen LogP contribution in [0.25, 0.3) is 0 Å². The number of aliphatic hydroxyl groups excluding tert-OH is 4. The Bertz CT molecular complexity index is 620. The van der Waals surface area contributed by atoms with Crippen molar-refractivity contribution in [3.8, 4) is 0 Å². The Kier molecular flexibility index (Phi) is 5.62. The lowest BCUT2D eigenvalue weighted by Gasteiger charge is -2.47. The van der Waals surface area contributed by atoms with Crippen LogP contribution in [-0.2, 0) is 23.7 Å². The predicted octanol–water partition coefficient (Wildman–Crippen LogP) is -0.813. The van der Waals surface area contributed by atoms with Crippen molar-refractivity contribution in [1.29, 1.82) is 0 Å². The Morgan fingerprint density at radius 2 is 2.04 bits per heavy atom. The summed E-state index contributed by atoms with van der Waals surface area (Å²) in [7, 11) is 0. The van der Waals surface area contributed by atoms with Crippen molar-refractivity contribution in [2.75, 3.05) is 6.61 Å². The lowest BCUT2D eigenvalue weighted by molar-refractivity contribution is -0.363. The van der Waals surface area contributed by atoms with Crippen LogP contribution in [0, 0.1) is 11.8 Å². The smallest absolute Gasteiger partial charge is 0.337 e. The Hall–Kier alpha value is -1.49. The van der Waals surface area contributed by atoms with Gasteiger partial charge in [-0.2, -0.15) is 0 Å². The van der Waals surface area contributed by atoms with Gasteiger partial charge in [-0.15, -0.1) is 6.58 Å². The number of rotatable bonds is 4. The van der Waals surface area contributed by atoms with E-state index >= 15 is 0 Å². The summed E-state index contributed by atoms with van der Waals surface area (Å²) in [6, 6.07) is 0. The Balaban J connectivity index is 1.80. The van der Waals surface area contributed by atoms with Gasteiger partial charge in [0.25, 0.3) is 0 Å². The number of carbonyl (C=O) groups is 1. The number of carbonyl (C=O) groups excluding carboxylic acids is 1. The SMILES string of the molecule is C=C[C@H]1[C@H](O[C@@H]2O[C@](C)(CO)[C@H](O)[C@@H](O)[C@H]2O)OC=C2C(=O)O[C@@H](C)C[C@H]21. The van der Waals surface area contributed by atoms with E-state index in [4.69, 9.17) is 18.9 Å². The minimum Gasteiger partial charge on any atom is -0.471 e. The van der Waals surface area contributed by atoms with E-state index < -0.39 is 55.0 Å². The molecule has 3 aliphatic heterocycles. The van der Waals surface area contributed by atoms with E-state index in [1.54, 1.807) is 13.0 Å². The van der Waals surface area contributed by atoms with Crippen molar-refractivity contribution in [2.45, 2.75) is 62.9 Å². The lowest BCUT2D eigenvalue weighted by Crippen LogP contribution is -2.65. The molecule has 2 saturated heterocycles. The van der Waals surface area contributed by atoms with Gasteiger partial charge in [0.2, 0.25) is 6.29 Å². The number of cyclic esters (lactones) is 1. The highest BCUT2D eigenvalue weighted by molar-refractivity contribution is 5.90. The number of esters is 1. The molecule has 0 saturated carbocycles. The summed E-state index contributed by atoms with van der Waals surface area (Å²) in [6.07, 6.45) is -3.80. The molecule has 9 atom stereocenters. The second kappa shape index (κ2) is 7.50. The van der Waals surface area contributed by atoms with E-state index in [0.29, 0.717) is 12.0 Å². The monoisotopic (exact) mass is 386 g/mol. The number of hydrogen-bond donors (Lipinski definition) is 4. The van der Waals surface area contributed by atoms with Crippen LogP contribution in [-0.4, -0.2) is 75.6 Å². The van der Waals surface area contributed by atoms with Crippen LogP contribution < -0.4 is 0 Å². The summed E-state index contributed by atoms with van der Waals surface area (Å²) in [4.78, 5) is 12.1. The molecule has 3 aliphatic rings. The lowest BCUT2D eigenvalue weighted by atomic mass is 9.79. The van der Waals surface area contributed by atoms with E-state index in [1.165, 1.54) is 13.2 Å². The first-order chi connectivity index (χ1) is 12.7. The predicted molar refractivity (Wildman–Crippen MR) is 89.8 cm³/mol. The Morgan fingerprint density at radius 1 is 1.33 bits per heavy atom. The molecule has 3 heterocycles. The van der Waals surface area contributed by atoms with E-state index in [2.05, 4.69) is 6.58 Å². The number of hydrogen-bond acceptors (Lipinski definition) is 9. The molecule has 0 aromatic carbocycles. The molecule has 0 spiro atoms. The fourth-order valence-corrected chi connectivity index (χ4v) is 3.74. The average Bonchev–Trinajstić information content (AvgIpc) is 2.64. The van der Waals surface area contributed by atoms with Gasteiger partial charge in [0.05, 0.1) is 24.5 Å². The van der Waals surface area contributed by atoms with Crippen LogP contribution in [0.2, 0.25) is 0 Å². The maximum atomic E-state index is 12.1. The number of aliphatic hydroxyl groups is 4. The van der Waals surface area contributed by atoms with Gasteiger partial charge in [0, 0.05) is 11.8 Å². The molecule has 0 bridgehead atoms. The van der Waals surface area contributed by atoms with Crippen LogP contribution in [0.15, 0.2) is 24.5 Å². The minimum absolute atomic E-state index is 0.238. The van der Waals surface area contributed by atoms with Crippen LogP contribution in [0.1, 0.15) is 20.3 Å². The molecule has 3 rings (SSSR count). The zero-order valence-electron chi connectivity index (χ0n) is 15.2. The molecule has 0 amide bonds. The third kappa shape index (κ3) is 3.51. The van der Waals surface area contributed by atoms with Crippen LogP contribution in [0.4, 0.5) is 0 Å². The average molecular weight is 386 g/mol. The molecule has 0 aliphatic carbocycles. The first kappa shape index (κ1) is 20.2. The van der Waals surface area contributed by atoms with Gasteiger partial charge in [-0.25, -0.2) is 4.79 Å². The minimum atomic E-state index is -1.58. The molecule has 27 heavy (non-hydrogen) atoms. The summed E-state index contributed by atoms with van der Waals surface area (Å²) in [6.45, 7) is 6.38. The zero-order chi connectivity index (χ0) is 19.9. The van der Waals surface area contributed by atoms with E-state index in [9.17, 15) is 25.2 Å². The third-order valence-electron chi connectivity index (χ3n) is 5.45. The van der Waals surface area contributed by atoms with Gasteiger partial charge in [-0.05, 0) is 20.3 Å². The van der Waals surface area contributed by atoms with Gasteiger partial charge in [-0.3, -0.25) is 0 Å². The molecule has 0 aromatic rings. The molecule has 0 aromatic heterocycles. The first-order valence-corrected chi connectivity index (χ1v) is 8.89. The Morgan fingerprint density at radius 3 is 2.67 bits per heavy atom. The first-order valence-electron chi connectivity index (χ1n) is 8.89. The van der Waals surface area contributed by atoms with E-state index in [-0.39, 0.29) is 12.0 Å². The molecule has 9 heteroatoms. The fraction of sp³-hybridized carbons (Fsp3) is 0.722. The topological polar surface area (TPSA) is 135 Å². The second-order valence-corrected chi connectivity index (χ2v) is 7.47. The fourth-order valence-electron chi connectivity index (χ4n) is 3.74. The molecular weight excluding hydrogens is 360 g/mol. The third-order valence-corrected chi connectivity index (χ3v) is 5.45. The number of fused-ring (bicyclic) bond motifs is 1. The summed E-state index contributed by atoms with van der Waals surface area (Å²) in [5.41, 5.74) is -1.13. The Labute approximate surface area is 156 Å². The highest BCUT2D eigenvalue weighted by Crippen LogP contribution is 2.40. The molecule has 0 unspecified atom stereocenters. The van der Waals surface area contributed by atoms with Crippen molar-refractivity contribution in [2.24, 2.45) is 11.8 Å². The standard InChI is InChI=1S/C18H26O9/c1-4-9-10-5-8(2)25-15(23)11(10)6-24-16(9)26-17-13(21)12(20)14(22)18(3,7-19)27-17/h4,6,8-10,12-14,16-17,19-22H,1,5,7H2,2-3H3/t8-,9+,10-,12-,13+,14+,16-,17+,18+/m0/s1. The summed E-state index contributed by atoms with van der Waals surface area (Å²) in [5.74, 6) is -1.12. The van der Waals surface area contributed by atoms with Gasteiger partial charge < -0.3 is 39.4 Å². The molecule has 9 nitrogen and oxygen atoms in total. The largest absolute Gasteiger partial charge is 0.471 e. The summed E-state index contributed by atoms with van der Waals surface area (Å²) in [5, 5.41) is 39.9. The normalized spacial score (nSPS) is 47.3. The second-order valence-electron chi connectivity index (χ2n) is 7.47. The van der Waals surface area contributed by atoms with Crippen molar-refractivity contribution in [1.82, 2.24) is 0 Å². The molecular formula is C18H26O9. The van der Waals surface area contributed by atoms with Crippen molar-refractivity contribution in [3.05, 3.63) is 24.5 Å². The van der Waals surface area contributed by atoms with Gasteiger partial charge >= 0.3 is 5.97 Å². The highest BCUT2D eigenvalue weighted by Gasteiger charge is 2.53. The zero-order valence-corrected chi connectivity index (χ0v) is 15.2. The van der Waals surface area contributed by atoms with E-state index in [0.717, 1.165) is 0 Å². The quantitative estimate of drug-likeness (QED) is 0.361. The van der Waals surface area contributed by atoms with Crippen molar-refractivity contribution in [3.63, 3.8) is 0 Å². The summed E-state index contributed by atoms with van der Waals surface area (Å²) >= 11 is 0. The maximum absolute atomic E-state index is 12.1. The van der Waals surface area contributed by atoms with Crippen LogP contribution >= 0.6 is 0 Å². The van der Waals surface area contributed by atoms with E-state index in [1.807, 2.05) is 0 Å². The van der Waals surface area contributed by atoms with Crippen molar-refractivity contribution < 1.29 is 44.2 Å². The highest BCUT2D eigenvalue weighted by atomic mass is 16.8. The molecule has 2 fully saturated rings. The summed E-state index contributed by atoms with van der Waals surface area (Å²) < 4.78 is 22.0. The van der Waals surface area contributed by atoms with Crippen molar-refractivity contribution >= 4 is 5.97 Å². The molecule has 152 valence electrons. The van der Waals surface area contributed by atoms with Gasteiger partial charge in [0.15, 0.2) is 6.29 Å². The number of ether oxygens (including phenoxy) is 4. The van der Waals surface area contributed by atoms with Crippen LogP contribution in [0.5, 0.6) is 0 Å². The van der Waals surface area contributed by atoms with Crippen LogP contribution in [0.3, 0.4) is 0 Å². The van der Waals surface area contributed by atoms with Gasteiger partial charge in [-0.1, -0.05) is 6.08 Å². The molecule has 0 radical (unpaired) electrons. The molecule has 4 N–H and O–H groups in total. The van der Waals surface area contributed by atoms with Gasteiger partial charge in [0.1, 0.15) is 23.9 Å². The maximum Gasteiger partial charge on any atom is 0.337 e.